The number of nitrogens with zero attached hydrogens (tertiary/aromatic N) is 2. The summed E-state index contributed by atoms with van der Waals surface area (Å²) in [5.41, 5.74) is -1.70. The number of aromatic nitrogens is 2. The molecule has 0 atom stereocenters. The Kier molecular flexibility index (Phi) is 2.77. The third-order valence-corrected chi connectivity index (χ3v) is 2.15. The maximum absolute atomic E-state index is 12.5. The van der Waals surface area contributed by atoms with Crippen LogP contribution in [-0.4, -0.2) is 21.4 Å². The summed E-state index contributed by atoms with van der Waals surface area (Å²) in [4.78, 5) is 10.8. The lowest BCUT2D eigenvalue weighted by atomic mass is 10.1. The fraction of sp³-hybridized carbons (Fsp3) is 0.100. The van der Waals surface area contributed by atoms with E-state index in [4.69, 9.17) is 5.11 Å². The second-order valence-electron chi connectivity index (χ2n) is 3.35. The summed E-state index contributed by atoms with van der Waals surface area (Å²) in [5, 5.41) is 15.2. The fourth-order valence-electron chi connectivity index (χ4n) is 1.36. The number of alkyl halides is 3. The van der Waals surface area contributed by atoms with Gasteiger partial charge in [0.1, 0.15) is 5.69 Å². The zero-order valence-corrected chi connectivity index (χ0v) is 8.60. The van der Waals surface area contributed by atoms with Gasteiger partial charge in [0, 0.05) is 5.56 Å². The molecule has 0 unspecified atom stereocenters. The average molecular weight is 258 g/mol. The Morgan fingerprint density at radius 1 is 1.28 bits per heavy atom. The predicted molar refractivity (Wildman–Crippen MR) is 51.7 cm³/mol. The molecule has 8 heteroatoms. The minimum absolute atomic E-state index is 0.0246. The number of benzene rings is 1. The van der Waals surface area contributed by atoms with Gasteiger partial charge in [-0.25, -0.2) is 9.42 Å². The van der Waals surface area contributed by atoms with E-state index >= 15 is 0 Å². The number of halogens is 3. The van der Waals surface area contributed by atoms with Crippen LogP contribution in [0.15, 0.2) is 28.9 Å². The van der Waals surface area contributed by atoms with Crippen LogP contribution in [0, 0.1) is 0 Å². The van der Waals surface area contributed by atoms with Gasteiger partial charge in [0.15, 0.2) is 0 Å². The summed E-state index contributed by atoms with van der Waals surface area (Å²) >= 11 is 0. The largest absolute Gasteiger partial charge is 0.476 e. The maximum atomic E-state index is 12.5. The molecule has 2 aromatic rings. The number of hydrogen-bond donors (Lipinski definition) is 1. The van der Waals surface area contributed by atoms with Crippen LogP contribution >= 0.6 is 0 Å². The second kappa shape index (κ2) is 4.13. The van der Waals surface area contributed by atoms with Crippen molar-refractivity contribution in [1.29, 1.82) is 0 Å². The van der Waals surface area contributed by atoms with Crippen molar-refractivity contribution >= 4 is 5.97 Å². The highest BCUT2D eigenvalue weighted by Gasteiger charge is 2.31. The van der Waals surface area contributed by atoms with Gasteiger partial charge >= 0.3 is 12.1 Å². The molecule has 0 saturated heterocycles. The van der Waals surface area contributed by atoms with Crippen molar-refractivity contribution in [2.45, 2.75) is 6.18 Å². The topological polar surface area (TPSA) is 76.2 Å². The summed E-state index contributed by atoms with van der Waals surface area (Å²) < 4.78 is 41.7. The minimum Gasteiger partial charge on any atom is -0.476 e. The van der Waals surface area contributed by atoms with E-state index in [2.05, 4.69) is 14.9 Å². The Labute approximate surface area is 97.8 Å². The van der Waals surface area contributed by atoms with Gasteiger partial charge in [-0.3, -0.25) is 0 Å². The molecule has 0 radical (unpaired) electrons. The highest BCUT2D eigenvalue weighted by molar-refractivity contribution is 5.92. The van der Waals surface area contributed by atoms with Crippen molar-refractivity contribution in [2.24, 2.45) is 0 Å². The van der Waals surface area contributed by atoms with Gasteiger partial charge < -0.3 is 5.11 Å². The van der Waals surface area contributed by atoms with Crippen LogP contribution in [-0.2, 0) is 6.18 Å². The average Bonchev–Trinajstić information content (AvgIpc) is 2.77. The van der Waals surface area contributed by atoms with Crippen molar-refractivity contribution in [3.63, 3.8) is 0 Å². The van der Waals surface area contributed by atoms with E-state index in [0.717, 1.165) is 18.2 Å². The van der Waals surface area contributed by atoms with Gasteiger partial charge in [0.2, 0.25) is 5.69 Å². The first kappa shape index (κ1) is 12.1. The highest BCUT2D eigenvalue weighted by Crippen LogP contribution is 2.32. The molecule has 1 aromatic heterocycles. The number of hydrogen-bond acceptors (Lipinski definition) is 4. The summed E-state index contributed by atoms with van der Waals surface area (Å²) in [6, 6.07) is 4.10. The van der Waals surface area contributed by atoms with Crippen molar-refractivity contribution in [3.05, 3.63) is 35.5 Å². The molecule has 0 fully saturated rings. The smallest absolute Gasteiger partial charge is 0.416 e. The van der Waals surface area contributed by atoms with Crippen LogP contribution in [0.25, 0.3) is 11.3 Å². The normalized spacial score (nSPS) is 11.5. The third kappa shape index (κ3) is 2.17. The lowest BCUT2D eigenvalue weighted by molar-refractivity contribution is -0.137. The molecule has 0 amide bonds. The second-order valence-corrected chi connectivity index (χ2v) is 3.35. The fourth-order valence-corrected chi connectivity index (χ4v) is 1.36. The number of carboxylic acid groups (broad SMARTS) is 1. The van der Waals surface area contributed by atoms with E-state index in [1.165, 1.54) is 6.07 Å². The molecule has 0 aliphatic carbocycles. The molecule has 1 aromatic carbocycles. The first-order chi connectivity index (χ1) is 8.39. The van der Waals surface area contributed by atoms with E-state index in [1.807, 2.05) is 0 Å². The summed E-state index contributed by atoms with van der Waals surface area (Å²) in [5.74, 6) is -1.43. The number of rotatable bonds is 2. The van der Waals surface area contributed by atoms with Gasteiger partial charge in [0.25, 0.3) is 0 Å². The molecule has 1 heterocycles. The van der Waals surface area contributed by atoms with Crippen LogP contribution in [0.5, 0.6) is 0 Å². The van der Waals surface area contributed by atoms with Crippen LogP contribution in [0.3, 0.4) is 0 Å². The quantitative estimate of drug-likeness (QED) is 0.895. The third-order valence-electron chi connectivity index (χ3n) is 2.15. The van der Waals surface area contributed by atoms with Gasteiger partial charge in [-0.1, -0.05) is 12.1 Å². The summed E-state index contributed by atoms with van der Waals surface area (Å²) in [6.07, 6.45) is -4.52. The highest BCUT2D eigenvalue weighted by atomic mass is 19.4. The zero-order chi connectivity index (χ0) is 13.3. The van der Waals surface area contributed by atoms with Crippen LogP contribution in [0.1, 0.15) is 16.1 Å². The van der Waals surface area contributed by atoms with E-state index in [-0.39, 0.29) is 11.3 Å². The zero-order valence-electron chi connectivity index (χ0n) is 8.60. The maximum Gasteiger partial charge on any atom is 0.416 e. The van der Waals surface area contributed by atoms with Gasteiger partial charge in [-0.05, 0) is 22.4 Å². The Balaban J connectivity index is 2.52. The molecule has 5 nitrogen and oxygen atoms in total. The first-order valence-electron chi connectivity index (χ1n) is 4.63. The van der Waals surface area contributed by atoms with Crippen LogP contribution in [0.2, 0.25) is 0 Å². The molecule has 0 saturated carbocycles. The Morgan fingerprint density at radius 3 is 2.61 bits per heavy atom. The first-order valence-corrected chi connectivity index (χ1v) is 4.63. The molecule has 2 rings (SSSR count). The predicted octanol–water partition coefficient (Wildman–Crippen LogP) is 2.45. The van der Waals surface area contributed by atoms with Gasteiger partial charge in [-0.15, -0.1) is 0 Å². The molecule has 0 spiro atoms. The Bertz CT molecular complexity index is 592. The monoisotopic (exact) mass is 258 g/mol. The standard InChI is InChI=1S/C10H5F3N2O3/c11-10(12,13)6-3-1-2-5(4-6)7-8(9(16)17)15-18-14-7/h1-4H,(H,16,17). The lowest BCUT2D eigenvalue weighted by Crippen LogP contribution is -2.05. The molecule has 0 bridgehead atoms. The Morgan fingerprint density at radius 2 is 2.00 bits per heavy atom. The number of carboxylic acids is 1. The summed E-state index contributed by atoms with van der Waals surface area (Å²) in [6.45, 7) is 0. The number of aromatic carboxylic acids is 1. The number of carbonyl (C=O) groups is 1. The van der Waals surface area contributed by atoms with Gasteiger partial charge in [-0.2, -0.15) is 13.2 Å². The molecule has 18 heavy (non-hydrogen) atoms. The van der Waals surface area contributed by atoms with E-state index < -0.39 is 23.4 Å². The van der Waals surface area contributed by atoms with Gasteiger partial charge in [0.05, 0.1) is 5.56 Å². The van der Waals surface area contributed by atoms with Crippen molar-refractivity contribution in [1.82, 2.24) is 10.3 Å². The molecule has 1 N–H and O–H groups in total. The van der Waals surface area contributed by atoms with Crippen LogP contribution < -0.4 is 0 Å². The Hall–Kier alpha value is -2.38. The molecular formula is C10H5F3N2O3. The van der Waals surface area contributed by atoms with Crippen molar-refractivity contribution < 1.29 is 27.7 Å². The van der Waals surface area contributed by atoms with E-state index in [1.54, 1.807) is 0 Å². The molecule has 0 aliphatic heterocycles. The minimum atomic E-state index is -4.52. The van der Waals surface area contributed by atoms with E-state index in [9.17, 15) is 18.0 Å². The van der Waals surface area contributed by atoms with Crippen molar-refractivity contribution in [3.8, 4) is 11.3 Å². The molecule has 0 aliphatic rings. The van der Waals surface area contributed by atoms with Crippen LogP contribution in [0.4, 0.5) is 13.2 Å². The summed E-state index contributed by atoms with van der Waals surface area (Å²) in [7, 11) is 0. The SMILES string of the molecule is O=C(O)c1nonc1-c1cccc(C(F)(F)F)c1. The van der Waals surface area contributed by atoms with E-state index in [0.29, 0.717) is 0 Å². The molecular weight excluding hydrogens is 253 g/mol. The molecule has 94 valence electrons. The van der Waals surface area contributed by atoms with Crippen molar-refractivity contribution in [2.75, 3.05) is 0 Å². The lowest BCUT2D eigenvalue weighted by Gasteiger charge is -2.07.